The Morgan fingerprint density at radius 3 is 2.45 bits per heavy atom. The molecule has 3 amide bonds. The van der Waals surface area contributed by atoms with E-state index in [4.69, 9.17) is 0 Å². The molecule has 0 spiro atoms. The van der Waals surface area contributed by atoms with Crippen LogP contribution in [0, 0.1) is 5.92 Å². The van der Waals surface area contributed by atoms with Crippen LogP contribution in [0.4, 0.5) is 0 Å². The topological polar surface area (TPSA) is 108 Å². The minimum Gasteiger partial charge on any atom is -0.347 e. The van der Waals surface area contributed by atoms with Gasteiger partial charge in [0.1, 0.15) is 6.29 Å². The van der Waals surface area contributed by atoms with E-state index in [1.165, 1.54) is 0 Å². The summed E-state index contributed by atoms with van der Waals surface area (Å²) in [6, 6.07) is 0. The van der Waals surface area contributed by atoms with Crippen LogP contribution in [0.3, 0.4) is 0 Å². The van der Waals surface area contributed by atoms with Crippen LogP contribution in [0.15, 0.2) is 12.3 Å². The molecule has 0 aromatic heterocycles. The summed E-state index contributed by atoms with van der Waals surface area (Å²) in [5.74, 6) is -1.41. The van der Waals surface area contributed by atoms with Gasteiger partial charge in [-0.15, -0.1) is 0 Å². The lowest BCUT2D eigenvalue weighted by atomic mass is 9.96. The number of piperidine rings is 1. The molecule has 8 nitrogen and oxygen atoms in total. The van der Waals surface area contributed by atoms with Gasteiger partial charge >= 0.3 is 0 Å². The van der Waals surface area contributed by atoms with Gasteiger partial charge in [-0.2, -0.15) is 0 Å². The highest BCUT2D eigenvalue weighted by atomic mass is 16.2. The molecule has 0 atom stereocenters. The van der Waals surface area contributed by atoms with Crippen molar-refractivity contribution in [1.82, 2.24) is 20.9 Å². The molecule has 0 aromatic carbocycles. The molecule has 3 N–H and O–H groups in total. The molecule has 1 aliphatic rings. The Kier molecular flexibility index (Phi) is 7.24. The van der Waals surface area contributed by atoms with Gasteiger partial charge < -0.3 is 25.6 Å². The Morgan fingerprint density at radius 2 is 1.86 bits per heavy atom. The third-order valence-corrected chi connectivity index (χ3v) is 3.42. The fourth-order valence-corrected chi connectivity index (χ4v) is 2.09. The first kappa shape index (κ1) is 17.8. The van der Waals surface area contributed by atoms with E-state index in [1.807, 2.05) is 7.05 Å². The number of likely N-dealkylation sites (tertiary alicyclic amines) is 1. The maximum atomic E-state index is 11.9. The van der Waals surface area contributed by atoms with Crippen LogP contribution < -0.4 is 16.0 Å². The molecular weight excluding hydrogens is 288 g/mol. The quantitative estimate of drug-likeness (QED) is 0.387. The molecule has 0 radical (unpaired) electrons. The monoisotopic (exact) mass is 310 g/mol. The smallest absolute Gasteiger partial charge is 0.267 e. The summed E-state index contributed by atoms with van der Waals surface area (Å²) < 4.78 is 0. The number of carbonyl (C=O) groups is 4. The van der Waals surface area contributed by atoms with Gasteiger partial charge in [-0.1, -0.05) is 6.58 Å². The van der Waals surface area contributed by atoms with E-state index in [1.54, 1.807) is 0 Å². The molecule has 0 unspecified atom stereocenters. The zero-order valence-corrected chi connectivity index (χ0v) is 12.7. The first-order chi connectivity index (χ1) is 10.4. The lowest BCUT2D eigenvalue weighted by Crippen LogP contribution is -2.44. The van der Waals surface area contributed by atoms with E-state index in [-0.39, 0.29) is 30.6 Å². The summed E-state index contributed by atoms with van der Waals surface area (Å²) in [6.07, 6.45) is 2.06. The van der Waals surface area contributed by atoms with E-state index in [0.29, 0.717) is 6.29 Å². The first-order valence-corrected chi connectivity index (χ1v) is 7.11. The van der Waals surface area contributed by atoms with Crippen molar-refractivity contribution in [2.24, 2.45) is 5.92 Å². The molecule has 0 bridgehead atoms. The van der Waals surface area contributed by atoms with Gasteiger partial charge in [0, 0.05) is 5.92 Å². The summed E-state index contributed by atoms with van der Waals surface area (Å²) >= 11 is 0. The predicted molar refractivity (Wildman–Crippen MR) is 79.6 cm³/mol. The fourth-order valence-electron chi connectivity index (χ4n) is 2.09. The lowest BCUT2D eigenvalue weighted by molar-refractivity contribution is -0.129. The summed E-state index contributed by atoms with van der Waals surface area (Å²) in [5.41, 5.74) is -0.166. The number of carbonyl (C=O) groups excluding carboxylic acids is 4. The Morgan fingerprint density at radius 1 is 1.23 bits per heavy atom. The second kappa shape index (κ2) is 8.93. The molecule has 8 heteroatoms. The average Bonchev–Trinajstić information content (AvgIpc) is 2.50. The molecular formula is C14H22N4O4. The number of rotatable bonds is 7. The second-order valence-electron chi connectivity index (χ2n) is 5.20. The summed E-state index contributed by atoms with van der Waals surface area (Å²) in [5, 5.41) is 7.07. The summed E-state index contributed by atoms with van der Waals surface area (Å²) in [7, 11) is 2.00. The first-order valence-electron chi connectivity index (χ1n) is 7.11. The number of amides is 3. The molecule has 0 aliphatic carbocycles. The van der Waals surface area contributed by atoms with Crippen molar-refractivity contribution in [3.8, 4) is 0 Å². The number of hydrogen-bond acceptors (Lipinski definition) is 5. The number of nitrogens with one attached hydrogen (secondary N) is 3. The summed E-state index contributed by atoms with van der Waals surface area (Å²) in [6.45, 7) is 4.74. The van der Waals surface area contributed by atoms with Crippen LogP contribution >= 0.6 is 0 Å². The van der Waals surface area contributed by atoms with Crippen molar-refractivity contribution >= 4 is 24.0 Å². The van der Waals surface area contributed by atoms with E-state index in [9.17, 15) is 19.2 Å². The molecule has 1 rings (SSSR count). The maximum absolute atomic E-state index is 11.9. The van der Waals surface area contributed by atoms with Gasteiger partial charge in [-0.25, -0.2) is 0 Å². The van der Waals surface area contributed by atoms with Crippen LogP contribution in [-0.2, 0) is 19.2 Å². The molecule has 1 fully saturated rings. The third kappa shape index (κ3) is 6.04. The molecule has 0 aromatic rings. The Bertz CT molecular complexity index is 456. The van der Waals surface area contributed by atoms with Crippen molar-refractivity contribution in [1.29, 1.82) is 0 Å². The van der Waals surface area contributed by atoms with Gasteiger partial charge in [0.05, 0.1) is 18.8 Å². The average molecular weight is 310 g/mol. The minimum atomic E-state index is -0.637. The highest BCUT2D eigenvalue weighted by Crippen LogP contribution is 2.15. The Labute approximate surface area is 129 Å². The third-order valence-electron chi connectivity index (χ3n) is 3.42. The minimum absolute atomic E-state index is 0.0805. The predicted octanol–water partition coefficient (Wildman–Crippen LogP) is -1.61. The van der Waals surface area contributed by atoms with E-state index < -0.39 is 11.8 Å². The largest absolute Gasteiger partial charge is 0.347 e. The van der Waals surface area contributed by atoms with Gasteiger partial charge in [-0.05, 0) is 33.0 Å². The zero-order valence-electron chi connectivity index (χ0n) is 12.7. The Balaban J connectivity index is 2.27. The van der Waals surface area contributed by atoms with Gasteiger partial charge in [0.2, 0.25) is 11.8 Å². The van der Waals surface area contributed by atoms with Crippen LogP contribution in [0.5, 0.6) is 0 Å². The second-order valence-corrected chi connectivity index (χ2v) is 5.20. The van der Waals surface area contributed by atoms with E-state index in [0.717, 1.165) is 25.9 Å². The van der Waals surface area contributed by atoms with E-state index in [2.05, 4.69) is 27.4 Å². The maximum Gasteiger partial charge on any atom is 0.267 e. The van der Waals surface area contributed by atoms with Gasteiger partial charge in [-0.3, -0.25) is 14.4 Å². The lowest BCUT2D eigenvalue weighted by Gasteiger charge is -2.27. The SMILES string of the molecule is C=C(NC(=O)CNC(=O)C1CCN(C)CC1)C(=O)NCC=O. The van der Waals surface area contributed by atoms with Gasteiger partial charge in [0.15, 0.2) is 0 Å². The number of nitrogens with zero attached hydrogens (tertiary/aromatic N) is 1. The highest BCUT2D eigenvalue weighted by molar-refractivity contribution is 5.98. The molecule has 22 heavy (non-hydrogen) atoms. The van der Waals surface area contributed by atoms with Crippen molar-refractivity contribution in [3.63, 3.8) is 0 Å². The zero-order chi connectivity index (χ0) is 16.5. The van der Waals surface area contributed by atoms with Crippen molar-refractivity contribution in [3.05, 3.63) is 12.3 Å². The standard InChI is InChI=1S/C14H22N4O4/c1-10(13(21)15-5-8-19)17-12(20)9-16-14(22)11-3-6-18(2)7-4-11/h8,11H,1,3-7,9H2,2H3,(H,15,21)(H,16,22)(H,17,20). The van der Waals surface area contributed by atoms with Crippen LogP contribution in [-0.4, -0.2) is 62.1 Å². The van der Waals surface area contributed by atoms with Crippen LogP contribution in [0.1, 0.15) is 12.8 Å². The number of hydrogen-bond donors (Lipinski definition) is 3. The molecule has 1 aliphatic heterocycles. The normalized spacial score (nSPS) is 15.7. The van der Waals surface area contributed by atoms with Crippen molar-refractivity contribution in [2.75, 3.05) is 33.2 Å². The molecule has 0 saturated carbocycles. The molecule has 1 saturated heterocycles. The summed E-state index contributed by atoms with van der Waals surface area (Å²) in [4.78, 5) is 47.2. The number of aldehydes is 1. The highest BCUT2D eigenvalue weighted by Gasteiger charge is 2.23. The van der Waals surface area contributed by atoms with E-state index >= 15 is 0 Å². The van der Waals surface area contributed by atoms with Crippen LogP contribution in [0.2, 0.25) is 0 Å². The Hall–Kier alpha value is -2.22. The van der Waals surface area contributed by atoms with Gasteiger partial charge in [0.25, 0.3) is 5.91 Å². The van der Waals surface area contributed by atoms with Crippen molar-refractivity contribution < 1.29 is 19.2 Å². The van der Waals surface area contributed by atoms with Crippen molar-refractivity contribution in [2.45, 2.75) is 12.8 Å². The molecule has 122 valence electrons. The molecule has 1 heterocycles. The van der Waals surface area contributed by atoms with Crippen LogP contribution in [0.25, 0.3) is 0 Å². The fraction of sp³-hybridized carbons (Fsp3) is 0.571.